The Balaban J connectivity index is 3.25. The minimum absolute atomic E-state index is 0.0263. The first kappa shape index (κ1) is 9.00. The fourth-order valence-corrected chi connectivity index (χ4v) is 0.830. The highest BCUT2D eigenvalue weighted by atomic mass is 16.5. The van der Waals surface area contributed by atoms with Crippen molar-refractivity contribution in [3.63, 3.8) is 0 Å². The molecule has 1 aromatic heterocycles. The number of esters is 1. The molecular formula is C8H7N3O2. The van der Waals surface area contributed by atoms with Crippen LogP contribution in [0.4, 0.5) is 5.69 Å². The summed E-state index contributed by atoms with van der Waals surface area (Å²) in [7, 11) is 1.22. The van der Waals surface area contributed by atoms with E-state index < -0.39 is 5.97 Å². The van der Waals surface area contributed by atoms with Gasteiger partial charge >= 0.3 is 5.97 Å². The van der Waals surface area contributed by atoms with Crippen molar-refractivity contribution in [1.29, 1.82) is 5.26 Å². The first-order chi connectivity index (χ1) is 6.20. The predicted molar refractivity (Wildman–Crippen MR) is 44.7 cm³/mol. The van der Waals surface area contributed by atoms with Gasteiger partial charge in [-0.25, -0.2) is 9.78 Å². The summed E-state index contributed by atoms with van der Waals surface area (Å²) in [5.41, 5.74) is 5.73. The molecule has 0 aliphatic carbocycles. The van der Waals surface area contributed by atoms with E-state index >= 15 is 0 Å². The molecule has 0 radical (unpaired) electrons. The van der Waals surface area contributed by atoms with Gasteiger partial charge in [0.1, 0.15) is 6.07 Å². The second-order valence-electron chi connectivity index (χ2n) is 2.22. The fourth-order valence-electron chi connectivity index (χ4n) is 0.830. The highest BCUT2D eigenvalue weighted by Crippen LogP contribution is 2.14. The van der Waals surface area contributed by atoms with Crippen molar-refractivity contribution in [2.24, 2.45) is 0 Å². The molecule has 0 spiro atoms. The summed E-state index contributed by atoms with van der Waals surface area (Å²) in [5.74, 6) is -0.644. The van der Waals surface area contributed by atoms with Crippen LogP contribution in [0.15, 0.2) is 12.3 Å². The van der Waals surface area contributed by atoms with E-state index in [-0.39, 0.29) is 16.9 Å². The normalized spacial score (nSPS) is 8.92. The van der Waals surface area contributed by atoms with Crippen LogP contribution in [-0.2, 0) is 4.74 Å². The van der Waals surface area contributed by atoms with E-state index in [0.29, 0.717) is 0 Å². The molecule has 0 aliphatic heterocycles. The summed E-state index contributed by atoms with van der Waals surface area (Å²) >= 11 is 0. The number of hydrogen-bond donors (Lipinski definition) is 1. The van der Waals surface area contributed by atoms with E-state index in [1.807, 2.05) is 6.07 Å². The molecule has 0 atom stereocenters. The van der Waals surface area contributed by atoms with Crippen LogP contribution < -0.4 is 5.73 Å². The molecule has 0 aromatic carbocycles. The lowest BCUT2D eigenvalue weighted by molar-refractivity contribution is 0.0595. The van der Waals surface area contributed by atoms with Gasteiger partial charge in [0.05, 0.1) is 18.4 Å². The molecule has 1 rings (SSSR count). The van der Waals surface area contributed by atoms with Gasteiger partial charge in [-0.2, -0.15) is 5.26 Å². The second kappa shape index (κ2) is 3.54. The lowest BCUT2D eigenvalue weighted by Gasteiger charge is -2.02. The smallest absolute Gasteiger partial charge is 0.358 e. The number of nitrogens with zero attached hydrogens (tertiary/aromatic N) is 2. The van der Waals surface area contributed by atoms with Gasteiger partial charge < -0.3 is 10.5 Å². The quantitative estimate of drug-likeness (QED) is 0.624. The van der Waals surface area contributed by atoms with E-state index in [4.69, 9.17) is 11.0 Å². The molecule has 1 heterocycles. The maximum atomic E-state index is 11.0. The van der Waals surface area contributed by atoms with Crippen LogP contribution in [-0.4, -0.2) is 18.1 Å². The zero-order valence-corrected chi connectivity index (χ0v) is 6.94. The summed E-state index contributed by atoms with van der Waals surface area (Å²) < 4.78 is 4.43. The Morgan fingerprint density at radius 2 is 2.46 bits per heavy atom. The van der Waals surface area contributed by atoms with E-state index in [0.717, 1.165) is 0 Å². The SMILES string of the molecule is COC(=O)c1nccc(C#N)c1N. The molecule has 1 aromatic rings. The molecule has 5 heteroatoms. The van der Waals surface area contributed by atoms with Crippen LogP contribution in [0, 0.1) is 11.3 Å². The lowest BCUT2D eigenvalue weighted by Crippen LogP contribution is -2.09. The van der Waals surface area contributed by atoms with Gasteiger partial charge in [-0.3, -0.25) is 0 Å². The summed E-state index contributed by atoms with van der Waals surface area (Å²) in [6, 6.07) is 3.27. The van der Waals surface area contributed by atoms with Gasteiger partial charge in [0.15, 0.2) is 5.69 Å². The minimum Gasteiger partial charge on any atom is -0.464 e. The Morgan fingerprint density at radius 1 is 1.77 bits per heavy atom. The topological polar surface area (TPSA) is 89.0 Å². The van der Waals surface area contributed by atoms with Crippen molar-refractivity contribution >= 4 is 11.7 Å². The minimum atomic E-state index is -0.644. The van der Waals surface area contributed by atoms with E-state index in [1.165, 1.54) is 19.4 Å². The number of nitriles is 1. The third-order valence-corrected chi connectivity index (χ3v) is 1.49. The molecule has 0 bridgehead atoms. The number of ether oxygens (including phenoxy) is 1. The van der Waals surface area contributed by atoms with Gasteiger partial charge in [0.25, 0.3) is 0 Å². The number of rotatable bonds is 1. The number of pyridine rings is 1. The lowest BCUT2D eigenvalue weighted by atomic mass is 10.2. The Kier molecular flexibility index (Phi) is 2.45. The molecular weight excluding hydrogens is 170 g/mol. The van der Waals surface area contributed by atoms with Crippen LogP contribution >= 0.6 is 0 Å². The number of hydrogen-bond acceptors (Lipinski definition) is 5. The number of anilines is 1. The number of carbonyl (C=O) groups excluding carboxylic acids is 1. The number of methoxy groups -OCH3 is 1. The fraction of sp³-hybridized carbons (Fsp3) is 0.125. The molecule has 2 N–H and O–H groups in total. The number of nitrogen functional groups attached to an aromatic ring is 1. The largest absolute Gasteiger partial charge is 0.464 e. The maximum absolute atomic E-state index is 11.0. The summed E-state index contributed by atoms with van der Waals surface area (Å²) in [6.45, 7) is 0. The predicted octanol–water partition coefficient (Wildman–Crippen LogP) is 0.322. The molecule has 5 nitrogen and oxygen atoms in total. The van der Waals surface area contributed by atoms with Crippen LogP contribution in [0.2, 0.25) is 0 Å². The Bertz CT molecular complexity index is 381. The molecule has 66 valence electrons. The zero-order valence-electron chi connectivity index (χ0n) is 6.94. The van der Waals surface area contributed by atoms with Crippen LogP contribution in [0.1, 0.15) is 16.1 Å². The highest BCUT2D eigenvalue weighted by Gasteiger charge is 2.13. The van der Waals surface area contributed by atoms with Crippen molar-refractivity contribution in [2.75, 3.05) is 12.8 Å². The Morgan fingerprint density at radius 3 is 3.00 bits per heavy atom. The first-order valence-electron chi connectivity index (χ1n) is 3.43. The van der Waals surface area contributed by atoms with E-state index in [1.54, 1.807) is 0 Å². The van der Waals surface area contributed by atoms with Gasteiger partial charge in [0, 0.05) is 6.20 Å². The Labute approximate surface area is 74.8 Å². The summed E-state index contributed by atoms with van der Waals surface area (Å²) in [4.78, 5) is 14.7. The number of carbonyl (C=O) groups is 1. The molecule has 0 unspecified atom stereocenters. The number of nitrogens with two attached hydrogens (primary N) is 1. The zero-order chi connectivity index (χ0) is 9.84. The van der Waals surface area contributed by atoms with Crippen LogP contribution in [0.5, 0.6) is 0 Å². The van der Waals surface area contributed by atoms with Crippen molar-refractivity contribution in [3.8, 4) is 6.07 Å². The Hall–Kier alpha value is -2.09. The third-order valence-electron chi connectivity index (χ3n) is 1.49. The van der Waals surface area contributed by atoms with E-state index in [9.17, 15) is 4.79 Å². The van der Waals surface area contributed by atoms with Gasteiger partial charge in [-0.15, -0.1) is 0 Å². The van der Waals surface area contributed by atoms with Crippen LogP contribution in [0.3, 0.4) is 0 Å². The van der Waals surface area contributed by atoms with Crippen molar-refractivity contribution in [2.45, 2.75) is 0 Å². The van der Waals surface area contributed by atoms with Crippen LogP contribution in [0.25, 0.3) is 0 Å². The van der Waals surface area contributed by atoms with Gasteiger partial charge in [-0.05, 0) is 6.07 Å². The molecule has 0 fully saturated rings. The standard InChI is InChI=1S/C8H7N3O2/c1-13-8(12)7-6(10)5(4-9)2-3-11-7/h2-3H,10H2,1H3. The number of aromatic nitrogens is 1. The molecule has 13 heavy (non-hydrogen) atoms. The van der Waals surface area contributed by atoms with Crippen molar-refractivity contribution < 1.29 is 9.53 Å². The third kappa shape index (κ3) is 1.56. The molecule has 0 saturated carbocycles. The molecule has 0 amide bonds. The summed E-state index contributed by atoms with van der Waals surface area (Å²) in [5, 5.41) is 8.59. The molecule has 0 saturated heterocycles. The van der Waals surface area contributed by atoms with Crippen molar-refractivity contribution in [1.82, 2.24) is 4.98 Å². The first-order valence-corrected chi connectivity index (χ1v) is 3.43. The van der Waals surface area contributed by atoms with E-state index in [2.05, 4.69) is 9.72 Å². The second-order valence-corrected chi connectivity index (χ2v) is 2.22. The summed E-state index contributed by atoms with van der Waals surface area (Å²) in [6.07, 6.45) is 1.33. The monoisotopic (exact) mass is 177 g/mol. The maximum Gasteiger partial charge on any atom is 0.358 e. The van der Waals surface area contributed by atoms with Crippen molar-refractivity contribution in [3.05, 3.63) is 23.5 Å². The average Bonchev–Trinajstić information content (AvgIpc) is 2.17. The van der Waals surface area contributed by atoms with Gasteiger partial charge in [0.2, 0.25) is 0 Å². The average molecular weight is 177 g/mol. The highest BCUT2D eigenvalue weighted by molar-refractivity contribution is 5.93. The molecule has 0 aliphatic rings. The van der Waals surface area contributed by atoms with Gasteiger partial charge in [-0.1, -0.05) is 0 Å².